The van der Waals surface area contributed by atoms with Gasteiger partial charge < -0.3 is 21.6 Å². The zero-order valence-electron chi connectivity index (χ0n) is 14.4. The van der Waals surface area contributed by atoms with Crippen molar-refractivity contribution in [1.29, 1.82) is 0 Å². The average molecular weight is 367 g/mol. The van der Waals surface area contributed by atoms with E-state index in [0.717, 1.165) is 11.6 Å². The second kappa shape index (κ2) is 6.49. The van der Waals surface area contributed by atoms with Crippen molar-refractivity contribution >= 4 is 34.2 Å². The Hall–Kier alpha value is 0.408. The molecule has 5 nitrogen and oxygen atoms in total. The smallest absolute Gasteiger partial charge is 0.346 e. The first-order chi connectivity index (χ1) is 9.31. The number of aliphatic hydroxyl groups excluding tert-OH is 1. The maximum atomic E-state index is 9.04. The van der Waals surface area contributed by atoms with Crippen LogP contribution in [0.15, 0.2) is 11.8 Å². The van der Waals surface area contributed by atoms with Crippen LogP contribution < -0.4 is 0 Å². The molecule has 0 aromatic rings. The molecule has 1 heterocycles. The highest BCUT2D eigenvalue weighted by Crippen LogP contribution is 2.34. The summed E-state index contributed by atoms with van der Waals surface area (Å²) in [6, 6.07) is 0. The van der Waals surface area contributed by atoms with E-state index in [1.807, 2.05) is 45.8 Å². The second-order valence-corrected chi connectivity index (χ2v) is 21.2. The molecule has 0 spiro atoms. The van der Waals surface area contributed by atoms with Crippen LogP contribution in [-0.4, -0.2) is 46.0 Å². The van der Waals surface area contributed by atoms with Gasteiger partial charge in [-0.3, -0.25) is 0 Å². The molecule has 1 aliphatic rings. The van der Waals surface area contributed by atoms with E-state index >= 15 is 0 Å². The van der Waals surface area contributed by atoms with Crippen molar-refractivity contribution in [3.63, 3.8) is 0 Å². The van der Waals surface area contributed by atoms with Crippen molar-refractivity contribution in [3.05, 3.63) is 11.8 Å². The first kappa shape index (κ1) is 19.5. The Morgan fingerprint density at radius 1 is 0.810 bits per heavy atom. The van der Waals surface area contributed by atoms with Gasteiger partial charge in [-0.15, -0.1) is 0 Å². The van der Waals surface area contributed by atoms with Crippen molar-refractivity contribution in [1.82, 2.24) is 0 Å². The summed E-state index contributed by atoms with van der Waals surface area (Å²) in [7, 11) is -9.52. The van der Waals surface area contributed by atoms with Crippen LogP contribution in [0.25, 0.3) is 0 Å². The van der Waals surface area contributed by atoms with Crippen LogP contribution in [0.2, 0.25) is 45.8 Å². The Labute approximate surface area is 133 Å². The van der Waals surface area contributed by atoms with Crippen molar-refractivity contribution in [3.8, 4) is 0 Å². The Bertz CT molecular complexity index is 375. The number of allylic oxidation sites excluding steroid dienone is 1. The highest BCUT2D eigenvalue weighted by atomic mass is 28.5. The van der Waals surface area contributed by atoms with Crippen LogP contribution in [0.3, 0.4) is 0 Å². The summed E-state index contributed by atoms with van der Waals surface area (Å²) in [5.41, 5.74) is 0. The Morgan fingerprint density at radius 2 is 1.19 bits per heavy atom. The third kappa shape index (κ3) is 5.84. The van der Waals surface area contributed by atoms with Crippen LogP contribution >= 0.6 is 0 Å². The largest absolute Gasteiger partial charge is 0.416 e. The Kier molecular flexibility index (Phi) is 6.01. The zero-order chi connectivity index (χ0) is 16.5. The maximum absolute atomic E-state index is 9.04. The summed E-state index contributed by atoms with van der Waals surface area (Å²) < 4.78 is 25.4. The quantitative estimate of drug-likeness (QED) is 0.775. The molecule has 21 heavy (non-hydrogen) atoms. The number of hydrogen-bond acceptors (Lipinski definition) is 5. The van der Waals surface area contributed by atoms with Crippen LogP contribution in [0.1, 0.15) is 12.8 Å². The second-order valence-electron chi connectivity index (χ2n) is 6.98. The number of aliphatic hydroxyl groups is 1. The van der Waals surface area contributed by atoms with Gasteiger partial charge >= 0.3 is 34.2 Å². The fourth-order valence-corrected chi connectivity index (χ4v) is 23.8. The first-order valence-electron chi connectivity index (χ1n) is 7.41. The van der Waals surface area contributed by atoms with Crippen molar-refractivity contribution < 1.29 is 21.6 Å². The van der Waals surface area contributed by atoms with E-state index in [4.69, 9.17) is 21.6 Å². The normalized spacial score (nSPS) is 26.7. The monoisotopic (exact) mass is 366 g/mol. The van der Waals surface area contributed by atoms with Crippen LogP contribution in [-0.2, 0) is 16.5 Å². The van der Waals surface area contributed by atoms with Gasteiger partial charge in [0.2, 0.25) is 0 Å². The minimum atomic E-state index is -2.60. The zero-order valence-corrected chi connectivity index (χ0v) is 18.4. The van der Waals surface area contributed by atoms with Crippen molar-refractivity contribution in [2.24, 2.45) is 0 Å². The van der Waals surface area contributed by atoms with E-state index in [2.05, 4.69) is 6.58 Å². The van der Waals surface area contributed by atoms with Gasteiger partial charge in [0.1, 0.15) is 0 Å². The van der Waals surface area contributed by atoms with Crippen LogP contribution in [0, 0.1) is 0 Å². The maximum Gasteiger partial charge on any atom is 0.346 e. The Morgan fingerprint density at radius 3 is 1.57 bits per heavy atom. The molecule has 0 amide bonds. The summed E-state index contributed by atoms with van der Waals surface area (Å²) in [4.78, 5) is 0. The molecular formula is C12H30O5Si4. The molecule has 0 saturated carbocycles. The van der Waals surface area contributed by atoms with Crippen LogP contribution in [0.5, 0.6) is 0 Å². The van der Waals surface area contributed by atoms with Crippen molar-refractivity contribution in [2.75, 3.05) is 6.61 Å². The molecule has 0 bridgehead atoms. The predicted molar refractivity (Wildman–Crippen MR) is 93.9 cm³/mol. The molecule has 9 heteroatoms. The number of rotatable bonds is 4. The van der Waals surface area contributed by atoms with Gasteiger partial charge in [-0.2, -0.15) is 0 Å². The molecule has 124 valence electrons. The van der Waals surface area contributed by atoms with Gasteiger partial charge in [-0.25, -0.2) is 0 Å². The third-order valence-electron chi connectivity index (χ3n) is 3.14. The van der Waals surface area contributed by atoms with Crippen LogP contribution in [0.4, 0.5) is 0 Å². The highest BCUT2D eigenvalue weighted by molar-refractivity contribution is 6.95. The molecule has 1 aliphatic heterocycles. The Balaban J connectivity index is 3.06. The molecular weight excluding hydrogens is 336 g/mol. The molecule has 0 unspecified atom stereocenters. The third-order valence-corrected chi connectivity index (χ3v) is 19.6. The van der Waals surface area contributed by atoms with Gasteiger partial charge in [-0.05, 0) is 63.9 Å². The van der Waals surface area contributed by atoms with Gasteiger partial charge in [0, 0.05) is 6.61 Å². The van der Waals surface area contributed by atoms with Crippen molar-refractivity contribution in [2.45, 2.75) is 58.7 Å². The van der Waals surface area contributed by atoms with E-state index in [9.17, 15) is 0 Å². The lowest BCUT2D eigenvalue weighted by Crippen LogP contribution is -2.65. The first-order valence-corrected chi connectivity index (χ1v) is 18.2. The molecule has 1 rings (SSSR count). The fourth-order valence-electron chi connectivity index (χ4n) is 2.87. The van der Waals surface area contributed by atoms with E-state index in [0.29, 0.717) is 6.42 Å². The molecule has 0 aromatic carbocycles. The lowest BCUT2D eigenvalue weighted by molar-refractivity contribution is 0.238. The summed E-state index contributed by atoms with van der Waals surface area (Å²) in [6.07, 6.45) is 1.40. The standard InChI is InChI=1S/C12H30O5Si4/c1-12(10-9-11-13)21(8)16-19(4,5)14-18(2,3)15-20(6,7)17-21/h13H,1,9-11H2,2-8H3. The lowest BCUT2D eigenvalue weighted by atomic mass is 10.3. The van der Waals surface area contributed by atoms with E-state index in [1.54, 1.807) is 0 Å². The topological polar surface area (TPSA) is 57.2 Å². The summed E-state index contributed by atoms with van der Waals surface area (Å²) >= 11 is 0. The van der Waals surface area contributed by atoms with Gasteiger partial charge in [-0.1, -0.05) is 6.58 Å². The van der Waals surface area contributed by atoms with Gasteiger partial charge in [0.25, 0.3) is 0 Å². The molecule has 0 radical (unpaired) electrons. The molecule has 0 aromatic heterocycles. The average Bonchev–Trinajstić information content (AvgIpc) is 2.18. The minimum absolute atomic E-state index is 0.151. The lowest BCUT2D eigenvalue weighted by Gasteiger charge is -2.48. The predicted octanol–water partition coefficient (Wildman–Crippen LogP) is 3.11. The minimum Gasteiger partial charge on any atom is -0.416 e. The summed E-state index contributed by atoms with van der Waals surface area (Å²) in [5.74, 6) is 0. The summed E-state index contributed by atoms with van der Waals surface area (Å²) in [6.45, 7) is 18.6. The highest BCUT2D eigenvalue weighted by Gasteiger charge is 2.53. The van der Waals surface area contributed by atoms with Gasteiger partial charge in [0.15, 0.2) is 0 Å². The summed E-state index contributed by atoms with van der Waals surface area (Å²) in [5, 5.41) is 10.0. The number of hydrogen-bond donors (Lipinski definition) is 1. The molecule has 1 N–H and O–H groups in total. The fraction of sp³-hybridized carbons (Fsp3) is 0.833. The SMILES string of the molecule is C=C(CCCO)[Si]1(C)O[Si](C)(C)O[Si](C)(C)O[Si](C)(C)O1. The molecule has 0 atom stereocenters. The molecule has 1 fully saturated rings. The molecule has 1 saturated heterocycles. The molecule has 0 aliphatic carbocycles. The van der Waals surface area contributed by atoms with E-state index in [1.165, 1.54) is 0 Å². The van der Waals surface area contributed by atoms with E-state index in [-0.39, 0.29) is 6.61 Å². The van der Waals surface area contributed by atoms with Gasteiger partial charge in [0.05, 0.1) is 0 Å². The van der Waals surface area contributed by atoms with E-state index < -0.39 is 34.2 Å².